The first-order valence-corrected chi connectivity index (χ1v) is 15.2. The number of esters is 1. The number of benzene rings is 4. The molecule has 0 fully saturated rings. The van der Waals surface area contributed by atoms with E-state index in [1.165, 1.54) is 5.56 Å². The molecule has 6 nitrogen and oxygen atoms in total. The fourth-order valence-electron chi connectivity index (χ4n) is 4.28. The molecule has 4 aromatic rings. The first kappa shape index (κ1) is 30.7. The summed E-state index contributed by atoms with van der Waals surface area (Å²) in [7, 11) is 0. The SMILES string of the molecule is CCCCOc1ccc(NC(=O)N(CCc2ccccc2)c2ccc(Sc3ccc(CC(=O)OCC)cc3)cc2)cc1. The van der Waals surface area contributed by atoms with E-state index in [0.717, 1.165) is 46.1 Å². The van der Waals surface area contributed by atoms with E-state index in [2.05, 4.69) is 24.4 Å². The number of amides is 2. The van der Waals surface area contributed by atoms with Crippen LogP contribution in [0.15, 0.2) is 113 Å². The zero-order valence-corrected chi connectivity index (χ0v) is 25.1. The first-order chi connectivity index (χ1) is 20.5. The number of carbonyl (C=O) groups is 2. The Morgan fingerprint density at radius 2 is 1.45 bits per heavy atom. The third-order valence-electron chi connectivity index (χ3n) is 6.55. The molecule has 0 saturated carbocycles. The van der Waals surface area contributed by atoms with Gasteiger partial charge in [0.25, 0.3) is 0 Å². The topological polar surface area (TPSA) is 67.9 Å². The molecule has 0 atom stereocenters. The molecule has 0 aliphatic rings. The summed E-state index contributed by atoms with van der Waals surface area (Å²) < 4.78 is 10.8. The van der Waals surface area contributed by atoms with E-state index in [4.69, 9.17) is 9.47 Å². The number of urea groups is 1. The maximum atomic E-state index is 13.5. The van der Waals surface area contributed by atoms with E-state index in [-0.39, 0.29) is 18.4 Å². The Bertz CT molecular complexity index is 1390. The first-order valence-electron chi connectivity index (χ1n) is 14.4. The molecule has 0 saturated heterocycles. The molecule has 0 aromatic heterocycles. The Morgan fingerprint density at radius 3 is 2.10 bits per heavy atom. The van der Waals surface area contributed by atoms with Crippen molar-refractivity contribution < 1.29 is 19.1 Å². The minimum atomic E-state index is -0.220. The number of rotatable bonds is 14. The van der Waals surface area contributed by atoms with Gasteiger partial charge in [-0.1, -0.05) is 67.6 Å². The predicted molar refractivity (Wildman–Crippen MR) is 171 cm³/mol. The third kappa shape index (κ3) is 9.70. The molecule has 4 rings (SSSR count). The molecule has 0 aliphatic heterocycles. The Labute approximate surface area is 253 Å². The number of ether oxygens (including phenoxy) is 2. The third-order valence-corrected chi connectivity index (χ3v) is 7.56. The molecule has 0 spiro atoms. The number of carbonyl (C=O) groups excluding carboxylic acids is 2. The second-order valence-electron chi connectivity index (χ2n) is 9.77. The minimum Gasteiger partial charge on any atom is -0.494 e. The molecule has 218 valence electrons. The van der Waals surface area contributed by atoms with Gasteiger partial charge in [0.1, 0.15) is 5.75 Å². The Morgan fingerprint density at radius 1 is 0.786 bits per heavy atom. The fourth-order valence-corrected chi connectivity index (χ4v) is 5.09. The van der Waals surface area contributed by atoms with Gasteiger partial charge < -0.3 is 14.8 Å². The summed E-state index contributed by atoms with van der Waals surface area (Å²) in [6, 6.07) is 33.4. The highest BCUT2D eigenvalue weighted by atomic mass is 32.2. The van der Waals surface area contributed by atoms with E-state index in [9.17, 15) is 9.59 Å². The van der Waals surface area contributed by atoms with Crippen LogP contribution < -0.4 is 15.0 Å². The molecule has 0 radical (unpaired) electrons. The van der Waals surface area contributed by atoms with Gasteiger partial charge in [-0.2, -0.15) is 0 Å². The van der Waals surface area contributed by atoms with Crippen molar-refractivity contribution >= 4 is 35.1 Å². The fraction of sp³-hybridized carbons (Fsp3) is 0.257. The van der Waals surface area contributed by atoms with Gasteiger partial charge in [-0.05, 0) is 91.6 Å². The molecule has 0 bridgehead atoms. The summed E-state index contributed by atoms with van der Waals surface area (Å²) in [5.41, 5.74) is 3.62. The maximum Gasteiger partial charge on any atom is 0.326 e. The van der Waals surface area contributed by atoms with Crippen LogP contribution >= 0.6 is 11.8 Å². The van der Waals surface area contributed by atoms with Crippen LogP contribution in [0.1, 0.15) is 37.8 Å². The lowest BCUT2D eigenvalue weighted by molar-refractivity contribution is -0.142. The standard InChI is InChI=1S/C35H38N2O4S/c1-3-5-25-41-31-17-13-29(14-18-31)36-35(39)37(24-23-27-9-7-6-8-10-27)30-15-21-33(22-16-30)42-32-19-11-28(12-20-32)26-34(38)40-4-2/h6-22H,3-5,23-26H2,1-2H3,(H,36,39). The number of anilines is 2. The summed E-state index contributed by atoms with van der Waals surface area (Å²) in [5.74, 6) is 0.576. The van der Waals surface area contributed by atoms with Crippen LogP contribution in [-0.2, 0) is 22.4 Å². The Kier molecular flexibility index (Phi) is 11.9. The summed E-state index contributed by atoms with van der Waals surface area (Å²) in [5, 5.41) is 3.05. The highest BCUT2D eigenvalue weighted by Gasteiger charge is 2.17. The molecule has 2 amide bonds. The summed E-state index contributed by atoms with van der Waals surface area (Å²) >= 11 is 1.63. The predicted octanol–water partition coefficient (Wildman–Crippen LogP) is 8.40. The summed E-state index contributed by atoms with van der Waals surface area (Å²) in [6.07, 6.45) is 3.09. The van der Waals surface area contributed by atoms with E-state index in [0.29, 0.717) is 25.4 Å². The highest BCUT2D eigenvalue weighted by molar-refractivity contribution is 7.99. The van der Waals surface area contributed by atoms with Gasteiger partial charge >= 0.3 is 12.0 Å². The molecule has 42 heavy (non-hydrogen) atoms. The maximum absolute atomic E-state index is 13.5. The molecule has 1 N–H and O–H groups in total. The van der Waals surface area contributed by atoms with Gasteiger partial charge in [-0.3, -0.25) is 9.69 Å². The lowest BCUT2D eigenvalue weighted by Gasteiger charge is -2.24. The summed E-state index contributed by atoms with van der Waals surface area (Å²) in [6.45, 7) is 5.54. The second-order valence-corrected chi connectivity index (χ2v) is 10.9. The van der Waals surface area contributed by atoms with Crippen molar-refractivity contribution in [1.29, 1.82) is 0 Å². The smallest absolute Gasteiger partial charge is 0.326 e. The van der Waals surface area contributed by atoms with Crippen molar-refractivity contribution in [3.8, 4) is 5.75 Å². The largest absolute Gasteiger partial charge is 0.494 e. The average Bonchev–Trinajstić information content (AvgIpc) is 3.01. The molecule has 0 aliphatic carbocycles. The van der Waals surface area contributed by atoms with E-state index in [1.54, 1.807) is 23.6 Å². The van der Waals surface area contributed by atoms with Crippen molar-refractivity contribution in [2.75, 3.05) is 30.0 Å². The van der Waals surface area contributed by atoms with Gasteiger partial charge in [0.15, 0.2) is 0 Å². The van der Waals surface area contributed by atoms with E-state index in [1.807, 2.05) is 91.0 Å². The number of unbranched alkanes of at least 4 members (excludes halogenated alkanes) is 1. The van der Waals surface area contributed by atoms with Crippen LogP contribution in [0.4, 0.5) is 16.2 Å². The van der Waals surface area contributed by atoms with Crippen molar-refractivity contribution in [2.24, 2.45) is 0 Å². The number of hydrogen-bond donors (Lipinski definition) is 1. The van der Waals surface area contributed by atoms with E-state index >= 15 is 0 Å². The lowest BCUT2D eigenvalue weighted by atomic mass is 10.1. The quantitative estimate of drug-likeness (QED) is 0.119. The Hall–Kier alpha value is -4.23. The van der Waals surface area contributed by atoms with Crippen LogP contribution in [0, 0.1) is 0 Å². The van der Waals surface area contributed by atoms with Gasteiger partial charge in [-0.15, -0.1) is 0 Å². The summed E-state index contributed by atoms with van der Waals surface area (Å²) in [4.78, 5) is 29.1. The number of nitrogens with zero attached hydrogens (tertiary/aromatic N) is 1. The van der Waals surface area contributed by atoms with Crippen LogP contribution in [0.2, 0.25) is 0 Å². The molecule has 4 aromatic carbocycles. The average molecular weight is 583 g/mol. The highest BCUT2D eigenvalue weighted by Crippen LogP contribution is 2.30. The van der Waals surface area contributed by atoms with Gasteiger partial charge in [-0.25, -0.2) is 4.79 Å². The van der Waals surface area contributed by atoms with Gasteiger partial charge in [0.2, 0.25) is 0 Å². The molecule has 0 heterocycles. The van der Waals surface area contributed by atoms with Crippen LogP contribution in [0.25, 0.3) is 0 Å². The van der Waals surface area contributed by atoms with Crippen LogP contribution in [-0.4, -0.2) is 31.8 Å². The van der Waals surface area contributed by atoms with Crippen molar-refractivity contribution in [2.45, 2.75) is 49.3 Å². The minimum absolute atomic E-state index is 0.192. The monoisotopic (exact) mass is 582 g/mol. The zero-order chi connectivity index (χ0) is 29.6. The zero-order valence-electron chi connectivity index (χ0n) is 24.3. The van der Waals surface area contributed by atoms with E-state index < -0.39 is 0 Å². The molecule has 7 heteroatoms. The molecule has 0 unspecified atom stereocenters. The van der Waals surface area contributed by atoms with Gasteiger partial charge in [0.05, 0.1) is 19.6 Å². The number of hydrogen-bond acceptors (Lipinski definition) is 5. The Balaban J connectivity index is 1.42. The van der Waals surface area contributed by atoms with Crippen LogP contribution in [0.3, 0.4) is 0 Å². The van der Waals surface area contributed by atoms with Crippen LogP contribution in [0.5, 0.6) is 5.75 Å². The van der Waals surface area contributed by atoms with Crippen molar-refractivity contribution in [1.82, 2.24) is 0 Å². The normalized spacial score (nSPS) is 10.6. The van der Waals surface area contributed by atoms with Crippen molar-refractivity contribution in [3.63, 3.8) is 0 Å². The van der Waals surface area contributed by atoms with Gasteiger partial charge in [0, 0.05) is 27.7 Å². The molecular weight excluding hydrogens is 544 g/mol. The lowest BCUT2D eigenvalue weighted by Crippen LogP contribution is -2.36. The number of nitrogens with one attached hydrogen (secondary N) is 1. The molecular formula is C35H38N2O4S. The van der Waals surface area contributed by atoms with Crippen molar-refractivity contribution in [3.05, 3.63) is 114 Å². The second kappa shape index (κ2) is 16.3.